The molecule has 0 atom stereocenters. The number of carbonyl (C=O) groups excluding carboxylic acids is 2. The van der Waals surface area contributed by atoms with Crippen molar-refractivity contribution in [2.45, 2.75) is 26.7 Å². The van der Waals surface area contributed by atoms with Crippen LogP contribution >= 0.6 is 0 Å². The molecule has 0 spiro atoms. The van der Waals surface area contributed by atoms with Gasteiger partial charge < -0.3 is 19.5 Å². The Morgan fingerprint density at radius 2 is 1.85 bits per heavy atom. The van der Waals surface area contributed by atoms with Crippen LogP contribution in [0.5, 0.6) is 5.75 Å². The molecule has 11 heteroatoms. The van der Waals surface area contributed by atoms with Gasteiger partial charge in [0.25, 0.3) is 11.7 Å². The number of benzene rings is 1. The molecule has 1 N–H and O–H groups in total. The maximum Gasteiger partial charge on any atom is 0.295 e. The summed E-state index contributed by atoms with van der Waals surface area (Å²) in [6, 6.07) is 9.42. The number of piperazine rings is 1. The van der Waals surface area contributed by atoms with Crippen molar-refractivity contribution in [3.63, 3.8) is 0 Å². The number of nitrogens with zero attached hydrogens (tertiary/aromatic N) is 7. The Bertz CT molecular complexity index is 1490. The number of Topliss-reactive ketones (excluding diaryl/α,β-unsaturated/α-hetero) is 1. The number of amides is 1. The van der Waals surface area contributed by atoms with Crippen LogP contribution in [0.25, 0.3) is 10.9 Å². The normalized spacial score (nSPS) is 13.5. The number of fused-ring (bicyclic) bond motifs is 1. The zero-order valence-electron chi connectivity index (χ0n) is 22.9. The van der Waals surface area contributed by atoms with Crippen LogP contribution in [0.15, 0.2) is 65.6 Å². The average Bonchev–Trinajstić information content (AvgIpc) is 3.46. The monoisotopic (exact) mass is 540 g/mol. The van der Waals surface area contributed by atoms with Crippen LogP contribution in [-0.2, 0) is 4.79 Å². The van der Waals surface area contributed by atoms with Gasteiger partial charge in [-0.15, -0.1) is 0 Å². The van der Waals surface area contributed by atoms with Gasteiger partial charge in [0.05, 0.1) is 29.8 Å². The summed E-state index contributed by atoms with van der Waals surface area (Å²) in [5.41, 5.74) is 2.48. The largest absolute Gasteiger partial charge is 0.494 e. The first-order valence-electron chi connectivity index (χ1n) is 13.1. The number of ketones is 1. The number of amidine groups is 1. The van der Waals surface area contributed by atoms with E-state index in [2.05, 4.69) is 26.6 Å². The standard InChI is InChI=1S/C29H32N8O3/c1-5-21(6-2)34-37(7-3)28-25-24(23(40-4)18-32-28)22(17-31-25)26(38)29(39)36-15-13-35(14-16-36)27(33-19-30)20-11-9-8-10-12-20/h7-12,17-18,31H,3,5-6,13-16H2,1-2,4H3/b33-27+. The molecule has 40 heavy (non-hydrogen) atoms. The number of aliphatic imine (C=N–C) groups is 1. The number of ether oxygens (including phenoxy) is 1. The quantitative estimate of drug-likeness (QED) is 0.109. The topological polar surface area (TPSA) is 130 Å². The highest BCUT2D eigenvalue weighted by Crippen LogP contribution is 2.34. The van der Waals surface area contributed by atoms with E-state index in [1.807, 2.05) is 55.3 Å². The lowest BCUT2D eigenvalue weighted by Crippen LogP contribution is -2.52. The molecule has 1 amide bonds. The highest BCUT2D eigenvalue weighted by Gasteiger charge is 2.31. The number of pyridine rings is 1. The van der Waals surface area contributed by atoms with Gasteiger partial charge in [-0.3, -0.25) is 9.59 Å². The number of H-pyrrole nitrogens is 1. The molecule has 1 aliphatic heterocycles. The Kier molecular flexibility index (Phi) is 8.91. The van der Waals surface area contributed by atoms with Crippen molar-refractivity contribution in [2.75, 3.05) is 38.3 Å². The first-order chi connectivity index (χ1) is 19.5. The van der Waals surface area contributed by atoms with E-state index in [1.54, 1.807) is 11.2 Å². The lowest BCUT2D eigenvalue weighted by Gasteiger charge is -2.36. The smallest absolute Gasteiger partial charge is 0.295 e. The van der Waals surface area contributed by atoms with Crippen molar-refractivity contribution >= 4 is 40.0 Å². The number of nitriles is 1. The van der Waals surface area contributed by atoms with Crippen LogP contribution < -0.4 is 9.75 Å². The van der Waals surface area contributed by atoms with Gasteiger partial charge in [-0.1, -0.05) is 50.8 Å². The number of hydrogen-bond acceptors (Lipinski definition) is 8. The fraction of sp³-hybridized carbons (Fsp3) is 0.310. The number of aromatic amines is 1. The van der Waals surface area contributed by atoms with Crippen molar-refractivity contribution in [3.05, 3.63) is 66.6 Å². The predicted molar refractivity (Wildman–Crippen MR) is 154 cm³/mol. The second kappa shape index (κ2) is 12.7. The second-order valence-electron chi connectivity index (χ2n) is 9.01. The average molecular weight is 541 g/mol. The van der Waals surface area contributed by atoms with E-state index < -0.39 is 11.7 Å². The van der Waals surface area contributed by atoms with E-state index in [0.29, 0.717) is 54.5 Å². The molecule has 1 saturated heterocycles. The van der Waals surface area contributed by atoms with Crippen LogP contribution in [0.3, 0.4) is 0 Å². The molecular weight excluding hydrogens is 508 g/mol. The maximum atomic E-state index is 13.5. The molecule has 206 valence electrons. The Morgan fingerprint density at radius 1 is 1.18 bits per heavy atom. The molecule has 4 rings (SSSR count). The van der Waals surface area contributed by atoms with Gasteiger partial charge in [0.15, 0.2) is 5.82 Å². The van der Waals surface area contributed by atoms with Crippen LogP contribution in [0, 0.1) is 11.5 Å². The Balaban J connectivity index is 1.58. The van der Waals surface area contributed by atoms with Crippen molar-refractivity contribution < 1.29 is 14.3 Å². The van der Waals surface area contributed by atoms with Gasteiger partial charge >= 0.3 is 0 Å². The number of methoxy groups -OCH3 is 1. The summed E-state index contributed by atoms with van der Waals surface area (Å²) >= 11 is 0. The first-order valence-corrected chi connectivity index (χ1v) is 13.1. The van der Waals surface area contributed by atoms with Gasteiger partial charge in [0.1, 0.15) is 11.6 Å². The van der Waals surface area contributed by atoms with Crippen LogP contribution in [0.2, 0.25) is 0 Å². The molecule has 1 fully saturated rings. The Hall–Kier alpha value is -4.98. The fourth-order valence-corrected chi connectivity index (χ4v) is 4.66. The Morgan fingerprint density at radius 3 is 2.45 bits per heavy atom. The molecule has 0 bridgehead atoms. The van der Waals surface area contributed by atoms with Gasteiger partial charge in [0.2, 0.25) is 6.19 Å². The zero-order chi connectivity index (χ0) is 28.6. The predicted octanol–water partition coefficient (Wildman–Crippen LogP) is 3.95. The molecule has 3 aromatic rings. The van der Waals surface area contributed by atoms with E-state index in [-0.39, 0.29) is 5.56 Å². The fourth-order valence-electron chi connectivity index (χ4n) is 4.66. The van der Waals surface area contributed by atoms with E-state index in [1.165, 1.54) is 24.4 Å². The van der Waals surface area contributed by atoms with Gasteiger partial charge in [-0.25, -0.2) is 9.99 Å². The second-order valence-corrected chi connectivity index (χ2v) is 9.01. The van der Waals surface area contributed by atoms with Crippen molar-refractivity contribution in [1.29, 1.82) is 5.26 Å². The number of hydrazone groups is 1. The van der Waals surface area contributed by atoms with Gasteiger partial charge in [-0.2, -0.15) is 15.4 Å². The van der Waals surface area contributed by atoms with Crippen LogP contribution in [0.4, 0.5) is 5.82 Å². The lowest BCUT2D eigenvalue weighted by molar-refractivity contribution is -0.127. The summed E-state index contributed by atoms with van der Waals surface area (Å²) in [5, 5.41) is 15.9. The SMILES string of the molecule is C=CN(N=C(CC)CC)c1ncc(OC)c2c(C(=O)C(=O)N3CCN(/C(=N/C#N)c4ccccc4)CC3)c[nH]c12. The number of carbonyl (C=O) groups is 2. The minimum atomic E-state index is -0.652. The molecule has 0 aliphatic carbocycles. The third-order valence-electron chi connectivity index (χ3n) is 6.82. The molecule has 1 aromatic carbocycles. The number of anilines is 1. The number of rotatable bonds is 9. The minimum Gasteiger partial charge on any atom is -0.494 e. The summed E-state index contributed by atoms with van der Waals surface area (Å²) < 4.78 is 5.51. The molecule has 2 aromatic heterocycles. The maximum absolute atomic E-state index is 13.5. The number of hydrogen-bond donors (Lipinski definition) is 1. The first kappa shape index (κ1) is 28.0. The van der Waals surface area contributed by atoms with Crippen LogP contribution in [-0.4, -0.2) is 76.3 Å². The van der Waals surface area contributed by atoms with Gasteiger partial charge in [-0.05, 0) is 12.8 Å². The number of aromatic nitrogens is 2. The van der Waals surface area contributed by atoms with E-state index in [0.717, 1.165) is 24.1 Å². The van der Waals surface area contributed by atoms with Crippen molar-refractivity contribution in [1.82, 2.24) is 19.8 Å². The van der Waals surface area contributed by atoms with Crippen LogP contribution in [0.1, 0.15) is 42.6 Å². The Labute approximate surface area is 233 Å². The highest BCUT2D eigenvalue weighted by atomic mass is 16.5. The van der Waals surface area contributed by atoms with Crippen molar-refractivity contribution in [3.8, 4) is 11.9 Å². The van der Waals surface area contributed by atoms with E-state index >= 15 is 0 Å². The summed E-state index contributed by atoms with van der Waals surface area (Å²) in [6.07, 6.45) is 7.97. The molecule has 3 heterocycles. The zero-order valence-corrected chi connectivity index (χ0v) is 22.9. The molecule has 11 nitrogen and oxygen atoms in total. The molecule has 0 saturated carbocycles. The third-order valence-corrected chi connectivity index (χ3v) is 6.82. The van der Waals surface area contributed by atoms with Crippen molar-refractivity contribution in [2.24, 2.45) is 10.1 Å². The number of nitrogens with one attached hydrogen (secondary N) is 1. The summed E-state index contributed by atoms with van der Waals surface area (Å²) in [7, 11) is 1.49. The lowest BCUT2D eigenvalue weighted by atomic mass is 10.1. The van der Waals surface area contributed by atoms with Gasteiger partial charge in [0, 0.05) is 49.9 Å². The van der Waals surface area contributed by atoms with E-state index in [9.17, 15) is 14.9 Å². The third kappa shape index (κ3) is 5.56. The molecule has 0 unspecified atom stereocenters. The highest BCUT2D eigenvalue weighted by molar-refractivity contribution is 6.45. The molecular formula is C29H32N8O3. The van der Waals surface area contributed by atoms with E-state index in [4.69, 9.17) is 4.74 Å². The summed E-state index contributed by atoms with van der Waals surface area (Å²) in [4.78, 5) is 42.0. The molecule has 0 radical (unpaired) electrons. The summed E-state index contributed by atoms with van der Waals surface area (Å²) in [5.74, 6) is 0.0838. The minimum absolute atomic E-state index is 0.193. The summed E-state index contributed by atoms with van der Waals surface area (Å²) in [6.45, 7) is 9.40. The molecule has 1 aliphatic rings.